The van der Waals surface area contributed by atoms with Crippen LogP contribution in [0, 0.1) is 0 Å². The third kappa shape index (κ3) is 51.4. The third-order valence-corrected chi connectivity index (χ3v) is 11.4. The number of esters is 3. The van der Waals surface area contributed by atoms with Crippen LogP contribution in [0.4, 0.5) is 0 Å². The molecule has 0 bridgehead atoms. The zero-order chi connectivity index (χ0) is 47.2. The van der Waals surface area contributed by atoms with Crippen molar-refractivity contribution in [1.82, 2.24) is 0 Å². The van der Waals surface area contributed by atoms with Gasteiger partial charge in [0.1, 0.15) is 13.2 Å². The highest BCUT2D eigenvalue weighted by Crippen LogP contribution is 2.14. The first-order chi connectivity index (χ1) is 32.0. The van der Waals surface area contributed by atoms with E-state index >= 15 is 0 Å². The lowest BCUT2D eigenvalue weighted by atomic mass is 10.1. The molecule has 6 heteroatoms. The van der Waals surface area contributed by atoms with Gasteiger partial charge in [-0.25, -0.2) is 0 Å². The van der Waals surface area contributed by atoms with E-state index in [-0.39, 0.29) is 31.1 Å². The Kier molecular flexibility index (Phi) is 50.4. The Hall–Kier alpha value is -3.41. The largest absolute Gasteiger partial charge is 0.462 e. The van der Waals surface area contributed by atoms with Crippen LogP contribution in [0.1, 0.15) is 252 Å². The number of rotatable bonds is 48. The van der Waals surface area contributed by atoms with Crippen LogP contribution in [0.15, 0.2) is 85.1 Å². The molecule has 0 spiro atoms. The van der Waals surface area contributed by atoms with Crippen molar-refractivity contribution in [3.8, 4) is 0 Å². The van der Waals surface area contributed by atoms with E-state index in [2.05, 4.69) is 106 Å². The van der Waals surface area contributed by atoms with Gasteiger partial charge in [-0.2, -0.15) is 0 Å². The minimum absolute atomic E-state index is 0.0875. The highest BCUT2D eigenvalue weighted by atomic mass is 16.6. The number of allylic oxidation sites excluding steroid dienone is 14. The van der Waals surface area contributed by atoms with Crippen LogP contribution in [0.3, 0.4) is 0 Å². The number of carbonyl (C=O) groups is 3. The molecular formula is C59H100O6. The second-order valence-electron chi connectivity index (χ2n) is 17.8. The standard InChI is InChI=1S/C59H100O6/c1-4-7-10-13-16-19-22-24-26-28-29-30-31-32-34-35-37-40-43-46-49-52-58(61)64-55-56(54-63-57(60)51-48-45-42-39-21-18-15-12-9-6-3)65-59(62)53-50-47-44-41-38-36-33-27-25-23-20-17-14-11-8-5-2/h7,10,16,19-20,23-24,26-27,29-30,32-34,56H,4-6,8-9,11-15,17-18,21-22,25,28,31,35-55H2,1-3H3/b10-7-,19-16-,23-20-,26-24-,30-29-,33-27-,34-32-. The topological polar surface area (TPSA) is 78.9 Å². The quantitative estimate of drug-likeness (QED) is 0.0262. The van der Waals surface area contributed by atoms with Crippen LogP contribution < -0.4 is 0 Å². The summed E-state index contributed by atoms with van der Waals surface area (Å²) >= 11 is 0. The molecule has 0 saturated carbocycles. The molecule has 0 aromatic carbocycles. The first kappa shape index (κ1) is 61.6. The van der Waals surface area contributed by atoms with E-state index in [1.807, 2.05) is 0 Å². The molecule has 0 aliphatic rings. The van der Waals surface area contributed by atoms with Crippen LogP contribution in [0.2, 0.25) is 0 Å². The van der Waals surface area contributed by atoms with E-state index in [0.717, 1.165) is 135 Å². The maximum Gasteiger partial charge on any atom is 0.306 e. The Morgan fingerprint density at radius 1 is 0.323 bits per heavy atom. The van der Waals surface area contributed by atoms with Gasteiger partial charge in [-0.05, 0) is 96.3 Å². The lowest BCUT2D eigenvalue weighted by Gasteiger charge is -2.18. The average molecular weight is 905 g/mol. The Morgan fingerprint density at radius 3 is 0.954 bits per heavy atom. The van der Waals surface area contributed by atoms with Crippen molar-refractivity contribution >= 4 is 17.9 Å². The van der Waals surface area contributed by atoms with Crippen LogP contribution in [0.5, 0.6) is 0 Å². The van der Waals surface area contributed by atoms with Gasteiger partial charge in [-0.1, -0.05) is 221 Å². The number of unbranched alkanes of at least 4 members (excludes halogenated alkanes) is 23. The van der Waals surface area contributed by atoms with Crippen LogP contribution in [-0.2, 0) is 28.6 Å². The molecule has 0 fully saturated rings. The lowest BCUT2D eigenvalue weighted by Crippen LogP contribution is -2.30. The first-order valence-electron chi connectivity index (χ1n) is 27.1. The second-order valence-corrected chi connectivity index (χ2v) is 17.8. The van der Waals surface area contributed by atoms with Gasteiger partial charge in [0.15, 0.2) is 6.10 Å². The van der Waals surface area contributed by atoms with Crippen molar-refractivity contribution in [2.24, 2.45) is 0 Å². The summed E-state index contributed by atoms with van der Waals surface area (Å²) in [5.41, 5.74) is 0. The van der Waals surface area contributed by atoms with Crippen molar-refractivity contribution in [1.29, 1.82) is 0 Å². The van der Waals surface area contributed by atoms with Gasteiger partial charge in [-0.15, -0.1) is 0 Å². The smallest absolute Gasteiger partial charge is 0.306 e. The summed E-state index contributed by atoms with van der Waals surface area (Å²) < 4.78 is 16.8. The fourth-order valence-corrected chi connectivity index (χ4v) is 7.32. The Labute approximate surface area is 401 Å². The number of carbonyl (C=O) groups excluding carboxylic acids is 3. The summed E-state index contributed by atoms with van der Waals surface area (Å²) in [6.45, 7) is 6.47. The molecule has 0 heterocycles. The van der Waals surface area contributed by atoms with Crippen molar-refractivity contribution in [2.75, 3.05) is 13.2 Å². The molecule has 0 N–H and O–H groups in total. The maximum absolute atomic E-state index is 12.8. The molecule has 0 aromatic heterocycles. The van der Waals surface area contributed by atoms with Crippen LogP contribution in [0.25, 0.3) is 0 Å². The molecule has 0 aromatic rings. The Balaban J connectivity index is 4.39. The number of hydrogen-bond donors (Lipinski definition) is 0. The second kappa shape index (κ2) is 53.2. The Morgan fingerprint density at radius 2 is 0.600 bits per heavy atom. The van der Waals surface area contributed by atoms with Gasteiger partial charge in [0, 0.05) is 19.3 Å². The summed E-state index contributed by atoms with van der Waals surface area (Å²) in [5, 5.41) is 0. The summed E-state index contributed by atoms with van der Waals surface area (Å²) in [6, 6.07) is 0. The summed E-state index contributed by atoms with van der Waals surface area (Å²) in [7, 11) is 0. The van der Waals surface area contributed by atoms with E-state index in [9.17, 15) is 14.4 Å². The van der Waals surface area contributed by atoms with Crippen molar-refractivity contribution in [2.45, 2.75) is 258 Å². The van der Waals surface area contributed by atoms with Gasteiger partial charge in [0.05, 0.1) is 0 Å². The van der Waals surface area contributed by atoms with Gasteiger partial charge in [0.25, 0.3) is 0 Å². The Bertz CT molecular complexity index is 1270. The monoisotopic (exact) mass is 905 g/mol. The highest BCUT2D eigenvalue weighted by Gasteiger charge is 2.19. The van der Waals surface area contributed by atoms with Crippen LogP contribution in [-0.4, -0.2) is 37.2 Å². The molecule has 0 aliphatic heterocycles. The molecule has 1 atom stereocenters. The van der Waals surface area contributed by atoms with Crippen molar-refractivity contribution in [3.05, 3.63) is 85.1 Å². The highest BCUT2D eigenvalue weighted by molar-refractivity contribution is 5.71. The van der Waals surface area contributed by atoms with Gasteiger partial charge < -0.3 is 14.2 Å². The summed E-state index contributed by atoms with van der Waals surface area (Å²) in [4.78, 5) is 38.0. The summed E-state index contributed by atoms with van der Waals surface area (Å²) in [6.07, 6.45) is 68.5. The molecule has 372 valence electrons. The molecule has 0 rings (SSSR count). The average Bonchev–Trinajstić information content (AvgIpc) is 3.30. The molecule has 65 heavy (non-hydrogen) atoms. The fraction of sp³-hybridized carbons (Fsp3) is 0.712. The SMILES string of the molecule is CC/C=C\C/C=C\C/C=C\C/C=C\C/C=C\CCCCCCCC(=O)OCC(COC(=O)CCCCCCCCCCCC)OC(=O)CCCCCCC/C=C\C/C=C\CCCCCC. The third-order valence-electron chi connectivity index (χ3n) is 11.4. The minimum Gasteiger partial charge on any atom is -0.462 e. The predicted octanol–water partition coefficient (Wildman–Crippen LogP) is 18.0. The number of hydrogen-bond acceptors (Lipinski definition) is 6. The normalized spacial score (nSPS) is 12.7. The van der Waals surface area contributed by atoms with Gasteiger partial charge >= 0.3 is 17.9 Å². The van der Waals surface area contributed by atoms with Gasteiger partial charge in [-0.3, -0.25) is 14.4 Å². The van der Waals surface area contributed by atoms with E-state index < -0.39 is 6.10 Å². The molecule has 6 nitrogen and oxygen atoms in total. The molecule has 0 amide bonds. The minimum atomic E-state index is -0.790. The maximum atomic E-state index is 12.8. The fourth-order valence-electron chi connectivity index (χ4n) is 7.32. The lowest BCUT2D eigenvalue weighted by molar-refractivity contribution is -0.167. The number of ether oxygens (including phenoxy) is 3. The van der Waals surface area contributed by atoms with E-state index in [0.29, 0.717) is 19.3 Å². The molecule has 0 radical (unpaired) electrons. The molecular weight excluding hydrogens is 805 g/mol. The van der Waals surface area contributed by atoms with Crippen LogP contribution >= 0.6 is 0 Å². The molecule has 1 unspecified atom stereocenters. The van der Waals surface area contributed by atoms with E-state index in [4.69, 9.17) is 14.2 Å². The molecule has 0 saturated heterocycles. The zero-order valence-electron chi connectivity index (χ0n) is 42.5. The van der Waals surface area contributed by atoms with Gasteiger partial charge in [0.2, 0.25) is 0 Å². The summed E-state index contributed by atoms with van der Waals surface area (Å²) in [5.74, 6) is -0.921. The molecule has 0 aliphatic carbocycles. The van der Waals surface area contributed by atoms with Crippen molar-refractivity contribution < 1.29 is 28.6 Å². The van der Waals surface area contributed by atoms with E-state index in [1.54, 1.807) is 0 Å². The van der Waals surface area contributed by atoms with E-state index in [1.165, 1.54) is 77.0 Å². The first-order valence-corrected chi connectivity index (χ1v) is 27.1. The van der Waals surface area contributed by atoms with Crippen molar-refractivity contribution in [3.63, 3.8) is 0 Å². The zero-order valence-corrected chi connectivity index (χ0v) is 42.5. The predicted molar refractivity (Wildman–Crippen MR) is 279 cm³/mol.